The second-order valence-corrected chi connectivity index (χ2v) is 5.06. The summed E-state index contributed by atoms with van der Waals surface area (Å²) in [5.74, 6) is 1.71. The van der Waals surface area contributed by atoms with Crippen LogP contribution in [0.15, 0.2) is 47.5 Å². The number of halogens is 1. The predicted molar refractivity (Wildman–Crippen MR) is 93.0 cm³/mol. The first-order chi connectivity index (χ1) is 11.7. The van der Waals surface area contributed by atoms with Gasteiger partial charge in [-0.05, 0) is 23.8 Å². The highest BCUT2D eigenvalue weighted by atomic mass is 19.1. The van der Waals surface area contributed by atoms with E-state index >= 15 is 0 Å². The van der Waals surface area contributed by atoms with Gasteiger partial charge in [-0.15, -0.1) is 0 Å². The maximum Gasteiger partial charge on any atom is 0.191 e. The molecule has 0 bridgehead atoms. The number of guanidine groups is 1. The van der Waals surface area contributed by atoms with Gasteiger partial charge in [0.1, 0.15) is 5.82 Å². The van der Waals surface area contributed by atoms with Crippen LogP contribution < -0.4 is 20.1 Å². The Kier molecular flexibility index (Phi) is 6.42. The van der Waals surface area contributed by atoms with Gasteiger partial charge < -0.3 is 20.1 Å². The Bertz CT molecular complexity index is 704. The second kappa shape index (κ2) is 8.76. The molecule has 2 rings (SSSR count). The Morgan fingerprint density at radius 3 is 2.38 bits per heavy atom. The number of hydrogen-bond donors (Lipinski definition) is 2. The molecule has 5 nitrogen and oxygen atoms in total. The molecule has 0 aliphatic heterocycles. The van der Waals surface area contributed by atoms with Crippen molar-refractivity contribution in [3.05, 3.63) is 59.4 Å². The lowest BCUT2D eigenvalue weighted by atomic mass is 10.2. The molecule has 0 heterocycles. The number of ether oxygens (including phenoxy) is 2. The average molecular weight is 331 g/mol. The highest BCUT2D eigenvalue weighted by Gasteiger charge is 2.06. The van der Waals surface area contributed by atoms with E-state index in [0.717, 1.165) is 5.56 Å². The average Bonchev–Trinajstić information content (AvgIpc) is 2.62. The van der Waals surface area contributed by atoms with E-state index in [2.05, 4.69) is 15.6 Å². The highest BCUT2D eigenvalue weighted by molar-refractivity contribution is 5.79. The maximum absolute atomic E-state index is 13.6. The third-order valence-corrected chi connectivity index (χ3v) is 3.54. The van der Waals surface area contributed by atoms with Crippen molar-refractivity contribution in [3.8, 4) is 11.5 Å². The van der Waals surface area contributed by atoms with Crippen LogP contribution in [0.3, 0.4) is 0 Å². The molecule has 0 aliphatic rings. The van der Waals surface area contributed by atoms with Crippen LogP contribution in [0.2, 0.25) is 0 Å². The number of hydrogen-bond acceptors (Lipinski definition) is 3. The summed E-state index contributed by atoms with van der Waals surface area (Å²) in [5, 5.41) is 6.28. The van der Waals surface area contributed by atoms with Crippen molar-refractivity contribution >= 4 is 5.96 Å². The van der Waals surface area contributed by atoms with Gasteiger partial charge in [-0.3, -0.25) is 4.99 Å². The zero-order valence-corrected chi connectivity index (χ0v) is 14.1. The summed E-state index contributed by atoms with van der Waals surface area (Å²) in [6.07, 6.45) is 0. The van der Waals surface area contributed by atoms with E-state index in [1.807, 2.05) is 18.2 Å². The quantitative estimate of drug-likeness (QED) is 0.631. The van der Waals surface area contributed by atoms with Crippen molar-refractivity contribution in [2.24, 2.45) is 4.99 Å². The van der Waals surface area contributed by atoms with E-state index < -0.39 is 0 Å². The van der Waals surface area contributed by atoms with Crippen LogP contribution in [0, 0.1) is 5.82 Å². The lowest BCUT2D eigenvalue weighted by Gasteiger charge is -2.14. The van der Waals surface area contributed by atoms with E-state index in [-0.39, 0.29) is 5.82 Å². The second-order valence-electron chi connectivity index (χ2n) is 5.06. The minimum absolute atomic E-state index is 0.236. The molecule has 0 radical (unpaired) electrons. The van der Waals surface area contributed by atoms with Crippen LogP contribution in [-0.4, -0.2) is 27.2 Å². The number of nitrogens with one attached hydrogen (secondary N) is 2. The summed E-state index contributed by atoms with van der Waals surface area (Å²) >= 11 is 0. The Labute approximate surface area is 141 Å². The van der Waals surface area contributed by atoms with Crippen LogP contribution in [0.5, 0.6) is 11.5 Å². The number of methoxy groups -OCH3 is 2. The van der Waals surface area contributed by atoms with Gasteiger partial charge in [0.15, 0.2) is 17.5 Å². The Morgan fingerprint density at radius 2 is 1.71 bits per heavy atom. The third kappa shape index (κ3) is 4.62. The molecule has 0 aliphatic carbocycles. The first-order valence-corrected chi connectivity index (χ1v) is 7.56. The molecule has 0 spiro atoms. The molecule has 0 aromatic heterocycles. The summed E-state index contributed by atoms with van der Waals surface area (Å²) < 4.78 is 24.1. The first-order valence-electron chi connectivity index (χ1n) is 7.56. The van der Waals surface area contributed by atoms with Crippen molar-refractivity contribution in [1.29, 1.82) is 0 Å². The largest absolute Gasteiger partial charge is 0.493 e. The molecule has 6 heteroatoms. The van der Waals surface area contributed by atoms with E-state index in [4.69, 9.17) is 9.47 Å². The molecule has 2 N–H and O–H groups in total. The molecular weight excluding hydrogens is 309 g/mol. The van der Waals surface area contributed by atoms with Crippen LogP contribution >= 0.6 is 0 Å². The normalized spacial score (nSPS) is 11.1. The fourth-order valence-electron chi connectivity index (χ4n) is 2.22. The van der Waals surface area contributed by atoms with Gasteiger partial charge in [0.05, 0.1) is 14.2 Å². The van der Waals surface area contributed by atoms with Crippen molar-refractivity contribution < 1.29 is 13.9 Å². The Morgan fingerprint density at radius 1 is 1.00 bits per heavy atom. The topological polar surface area (TPSA) is 54.9 Å². The van der Waals surface area contributed by atoms with Gasteiger partial charge in [-0.25, -0.2) is 4.39 Å². The van der Waals surface area contributed by atoms with Crippen LogP contribution in [0.25, 0.3) is 0 Å². The Balaban J connectivity index is 1.93. The fourth-order valence-corrected chi connectivity index (χ4v) is 2.22. The first kappa shape index (κ1) is 17.6. The minimum Gasteiger partial charge on any atom is -0.493 e. The van der Waals surface area contributed by atoms with Crippen molar-refractivity contribution in [2.75, 3.05) is 21.3 Å². The number of benzene rings is 2. The van der Waals surface area contributed by atoms with Gasteiger partial charge in [-0.1, -0.05) is 24.3 Å². The summed E-state index contributed by atoms with van der Waals surface area (Å²) in [4.78, 5) is 4.14. The number of nitrogens with zero attached hydrogens (tertiary/aromatic N) is 1. The van der Waals surface area contributed by atoms with E-state index in [1.165, 1.54) is 6.07 Å². The summed E-state index contributed by atoms with van der Waals surface area (Å²) in [6.45, 7) is 0.912. The maximum atomic E-state index is 13.6. The van der Waals surface area contributed by atoms with Gasteiger partial charge in [0.25, 0.3) is 0 Å². The van der Waals surface area contributed by atoms with Crippen LogP contribution in [0.1, 0.15) is 11.1 Å². The third-order valence-electron chi connectivity index (χ3n) is 3.54. The smallest absolute Gasteiger partial charge is 0.191 e. The molecule has 0 unspecified atom stereocenters. The molecule has 0 atom stereocenters. The predicted octanol–water partition coefficient (Wildman–Crippen LogP) is 2.71. The fraction of sp³-hybridized carbons (Fsp3) is 0.278. The van der Waals surface area contributed by atoms with E-state index in [9.17, 15) is 4.39 Å². The van der Waals surface area contributed by atoms with Crippen LogP contribution in [0.4, 0.5) is 4.39 Å². The molecular formula is C18H22FN3O2. The van der Waals surface area contributed by atoms with E-state index in [0.29, 0.717) is 36.1 Å². The molecule has 0 saturated heterocycles. The summed E-state index contributed by atoms with van der Waals surface area (Å²) in [5.41, 5.74) is 1.60. The molecule has 2 aromatic rings. The standard InChI is InChI=1S/C18H22FN3O2/c1-20-18(22-12-14-6-4-5-7-15(14)19)21-11-13-8-9-16(23-2)17(10-13)24-3/h4-10H,11-12H2,1-3H3,(H2,20,21,22). The number of aliphatic imine (C=N–C) groups is 1. The number of rotatable bonds is 6. The lowest BCUT2D eigenvalue weighted by molar-refractivity contribution is 0.354. The summed E-state index contributed by atoms with van der Waals surface area (Å²) in [7, 11) is 4.87. The van der Waals surface area contributed by atoms with Crippen molar-refractivity contribution in [3.63, 3.8) is 0 Å². The van der Waals surface area contributed by atoms with Crippen molar-refractivity contribution in [2.45, 2.75) is 13.1 Å². The molecule has 2 aromatic carbocycles. The summed E-state index contributed by atoms with van der Waals surface area (Å²) in [6, 6.07) is 12.4. The van der Waals surface area contributed by atoms with Gasteiger partial charge in [0, 0.05) is 25.7 Å². The highest BCUT2D eigenvalue weighted by Crippen LogP contribution is 2.27. The van der Waals surface area contributed by atoms with Gasteiger partial charge in [0.2, 0.25) is 0 Å². The zero-order chi connectivity index (χ0) is 17.4. The van der Waals surface area contributed by atoms with Gasteiger partial charge in [-0.2, -0.15) is 0 Å². The molecule has 0 fully saturated rings. The van der Waals surface area contributed by atoms with E-state index in [1.54, 1.807) is 39.5 Å². The molecule has 128 valence electrons. The molecule has 0 amide bonds. The lowest BCUT2D eigenvalue weighted by Crippen LogP contribution is -2.36. The SMILES string of the molecule is CN=C(NCc1ccc(OC)c(OC)c1)NCc1ccccc1F. The zero-order valence-electron chi connectivity index (χ0n) is 14.1. The Hall–Kier alpha value is -2.76. The van der Waals surface area contributed by atoms with Gasteiger partial charge >= 0.3 is 0 Å². The van der Waals surface area contributed by atoms with Crippen molar-refractivity contribution in [1.82, 2.24) is 10.6 Å². The minimum atomic E-state index is -0.236. The molecule has 0 saturated carbocycles. The van der Waals surface area contributed by atoms with Crippen LogP contribution in [-0.2, 0) is 13.1 Å². The monoisotopic (exact) mass is 331 g/mol. The molecule has 24 heavy (non-hydrogen) atoms.